The summed E-state index contributed by atoms with van der Waals surface area (Å²) in [4.78, 5) is 10.7. The third-order valence-electron chi connectivity index (χ3n) is 4.70. The molecule has 0 spiro atoms. The number of ether oxygens (including phenoxy) is 1. The largest absolute Gasteiger partial charge is 0.440 e. The van der Waals surface area contributed by atoms with E-state index >= 15 is 0 Å². The van der Waals surface area contributed by atoms with Crippen molar-refractivity contribution in [3.8, 4) is 0 Å². The summed E-state index contributed by atoms with van der Waals surface area (Å²) in [5.74, 6) is -0.477. The van der Waals surface area contributed by atoms with E-state index < -0.39 is 44.9 Å². The molecule has 12 heteroatoms. The molecule has 0 radical (unpaired) electrons. The standard InChI is InChI=1S/C18H19BrF3N3O4S/c1-10(29-11(2)26)25-17-5-3-4-16(15(17)9-23-25)24-30(27,28)14-7-12(18(20,21)22)6-13(19)8-14/h6-10,16,24H,3-5H2,1-2H3. The molecule has 7 nitrogen and oxygen atoms in total. The predicted octanol–water partition coefficient (Wildman–Crippen LogP) is 4.10. The van der Waals surface area contributed by atoms with E-state index in [9.17, 15) is 26.4 Å². The van der Waals surface area contributed by atoms with Crippen molar-refractivity contribution >= 4 is 31.9 Å². The van der Waals surface area contributed by atoms with Gasteiger partial charge in [0.1, 0.15) is 0 Å². The summed E-state index contributed by atoms with van der Waals surface area (Å²) >= 11 is 2.94. The zero-order chi connectivity index (χ0) is 22.3. The first kappa shape index (κ1) is 22.8. The van der Waals surface area contributed by atoms with Gasteiger partial charge in [-0.05, 0) is 44.4 Å². The molecule has 3 rings (SSSR count). The summed E-state index contributed by atoms with van der Waals surface area (Å²) in [5, 5.41) is 4.21. The zero-order valence-electron chi connectivity index (χ0n) is 16.0. The molecule has 2 unspecified atom stereocenters. The highest BCUT2D eigenvalue weighted by Crippen LogP contribution is 2.35. The van der Waals surface area contributed by atoms with Crippen molar-refractivity contribution < 1.29 is 31.1 Å². The number of nitrogens with zero attached hydrogens (tertiary/aromatic N) is 2. The summed E-state index contributed by atoms with van der Waals surface area (Å²) in [7, 11) is -4.24. The van der Waals surface area contributed by atoms with Crippen LogP contribution in [0.2, 0.25) is 0 Å². The Bertz CT molecular complexity index is 1070. The van der Waals surface area contributed by atoms with Crippen LogP contribution in [0.1, 0.15) is 55.8 Å². The zero-order valence-corrected chi connectivity index (χ0v) is 18.4. The molecule has 0 saturated heterocycles. The monoisotopic (exact) mass is 509 g/mol. The normalized spacial score (nSPS) is 18.0. The number of nitrogens with one attached hydrogen (secondary N) is 1. The topological polar surface area (TPSA) is 90.3 Å². The first-order valence-electron chi connectivity index (χ1n) is 9.02. The van der Waals surface area contributed by atoms with Crippen molar-refractivity contribution in [2.75, 3.05) is 0 Å². The summed E-state index contributed by atoms with van der Waals surface area (Å²) in [5.41, 5.74) is 0.257. The Balaban J connectivity index is 1.91. The number of esters is 1. The number of sulfonamides is 1. The van der Waals surface area contributed by atoms with Gasteiger partial charge in [-0.3, -0.25) is 4.79 Å². The molecule has 1 aliphatic rings. The van der Waals surface area contributed by atoms with E-state index in [0.717, 1.165) is 12.1 Å². The Kier molecular flexibility index (Phi) is 6.30. The maximum absolute atomic E-state index is 13.1. The van der Waals surface area contributed by atoms with Gasteiger partial charge in [-0.2, -0.15) is 18.3 Å². The van der Waals surface area contributed by atoms with Crippen LogP contribution >= 0.6 is 15.9 Å². The summed E-state index contributed by atoms with van der Waals surface area (Å²) in [6.07, 6.45) is -2.16. The molecule has 2 aromatic rings. The second-order valence-corrected chi connectivity index (χ2v) is 9.57. The second kappa shape index (κ2) is 8.31. The number of alkyl halides is 3. The molecule has 0 bridgehead atoms. The molecule has 0 fully saturated rings. The number of aromatic nitrogens is 2. The molecular formula is C18H19BrF3N3O4S. The van der Waals surface area contributed by atoms with Gasteiger partial charge in [-0.1, -0.05) is 15.9 Å². The predicted molar refractivity (Wildman–Crippen MR) is 104 cm³/mol. The molecule has 30 heavy (non-hydrogen) atoms. The number of benzene rings is 1. The highest BCUT2D eigenvalue weighted by Gasteiger charge is 2.34. The fraction of sp³-hybridized carbons (Fsp3) is 0.444. The van der Waals surface area contributed by atoms with Crippen LogP contribution in [-0.4, -0.2) is 24.2 Å². The van der Waals surface area contributed by atoms with Gasteiger partial charge in [-0.25, -0.2) is 17.8 Å². The minimum absolute atomic E-state index is 0.00468. The van der Waals surface area contributed by atoms with Gasteiger partial charge in [0.25, 0.3) is 0 Å². The fourth-order valence-electron chi connectivity index (χ4n) is 3.44. The molecule has 2 atom stereocenters. The highest BCUT2D eigenvalue weighted by atomic mass is 79.9. The first-order chi connectivity index (χ1) is 13.9. The van der Waals surface area contributed by atoms with E-state index in [-0.39, 0.29) is 4.47 Å². The lowest BCUT2D eigenvalue weighted by molar-refractivity contribution is -0.150. The van der Waals surface area contributed by atoms with E-state index in [1.807, 2.05) is 0 Å². The molecule has 1 aromatic carbocycles. The van der Waals surface area contributed by atoms with Crippen LogP contribution in [0, 0.1) is 0 Å². The smallest absolute Gasteiger partial charge is 0.416 e. The van der Waals surface area contributed by atoms with Crippen LogP contribution in [0.4, 0.5) is 13.2 Å². The van der Waals surface area contributed by atoms with Crippen LogP contribution in [0.3, 0.4) is 0 Å². The van der Waals surface area contributed by atoms with E-state index in [4.69, 9.17) is 4.74 Å². The Labute approximate surface area is 179 Å². The number of rotatable bonds is 5. The van der Waals surface area contributed by atoms with Crippen LogP contribution in [-0.2, 0) is 32.2 Å². The first-order valence-corrected chi connectivity index (χ1v) is 11.3. The lowest BCUT2D eigenvalue weighted by Crippen LogP contribution is -2.31. The molecule has 0 amide bonds. The minimum atomic E-state index is -4.68. The maximum atomic E-state index is 13.1. The molecule has 164 valence electrons. The summed E-state index contributed by atoms with van der Waals surface area (Å²) in [6.45, 7) is 2.92. The van der Waals surface area contributed by atoms with Gasteiger partial charge in [0.2, 0.25) is 10.0 Å². The Morgan fingerprint density at radius 1 is 1.37 bits per heavy atom. The van der Waals surface area contributed by atoms with Crippen molar-refractivity contribution in [1.29, 1.82) is 0 Å². The van der Waals surface area contributed by atoms with Gasteiger partial charge >= 0.3 is 12.1 Å². The highest BCUT2D eigenvalue weighted by molar-refractivity contribution is 9.10. The van der Waals surface area contributed by atoms with Gasteiger partial charge in [0, 0.05) is 22.7 Å². The number of fused-ring (bicyclic) bond motifs is 1. The van der Waals surface area contributed by atoms with Crippen molar-refractivity contribution in [1.82, 2.24) is 14.5 Å². The van der Waals surface area contributed by atoms with Crippen molar-refractivity contribution in [3.05, 3.63) is 45.7 Å². The summed E-state index contributed by atoms with van der Waals surface area (Å²) in [6, 6.07) is 1.87. The number of halogens is 4. The lowest BCUT2D eigenvalue weighted by Gasteiger charge is -2.25. The van der Waals surface area contributed by atoms with E-state index in [0.29, 0.717) is 36.6 Å². The molecule has 1 heterocycles. The van der Waals surface area contributed by atoms with E-state index in [1.54, 1.807) is 6.92 Å². The maximum Gasteiger partial charge on any atom is 0.416 e. The van der Waals surface area contributed by atoms with Crippen LogP contribution in [0.15, 0.2) is 33.8 Å². The fourth-order valence-corrected chi connectivity index (χ4v) is 5.41. The average molecular weight is 510 g/mol. The Morgan fingerprint density at radius 3 is 2.70 bits per heavy atom. The van der Waals surface area contributed by atoms with E-state index in [2.05, 4.69) is 25.8 Å². The molecule has 0 saturated carbocycles. The number of carbonyl (C=O) groups excluding carboxylic acids is 1. The molecule has 1 aromatic heterocycles. The third-order valence-corrected chi connectivity index (χ3v) is 6.61. The van der Waals surface area contributed by atoms with Gasteiger partial charge < -0.3 is 4.74 Å². The van der Waals surface area contributed by atoms with Crippen LogP contribution < -0.4 is 4.72 Å². The number of carbonyl (C=O) groups is 1. The number of hydrogen-bond acceptors (Lipinski definition) is 5. The summed E-state index contributed by atoms with van der Waals surface area (Å²) < 4.78 is 74.0. The number of hydrogen-bond donors (Lipinski definition) is 1. The van der Waals surface area contributed by atoms with Gasteiger partial charge in [0.05, 0.1) is 22.7 Å². The van der Waals surface area contributed by atoms with E-state index in [1.165, 1.54) is 17.8 Å². The van der Waals surface area contributed by atoms with Crippen molar-refractivity contribution in [3.63, 3.8) is 0 Å². The van der Waals surface area contributed by atoms with Crippen LogP contribution in [0.5, 0.6) is 0 Å². The second-order valence-electron chi connectivity index (χ2n) is 6.94. The van der Waals surface area contributed by atoms with Crippen molar-refractivity contribution in [2.24, 2.45) is 0 Å². The minimum Gasteiger partial charge on any atom is -0.440 e. The average Bonchev–Trinajstić information content (AvgIpc) is 3.05. The molecule has 1 aliphatic carbocycles. The molecular weight excluding hydrogens is 491 g/mol. The quantitative estimate of drug-likeness (QED) is 0.612. The lowest BCUT2D eigenvalue weighted by atomic mass is 9.94. The molecule has 0 aliphatic heterocycles. The Morgan fingerprint density at radius 2 is 2.07 bits per heavy atom. The SMILES string of the molecule is CC(=O)OC(C)n1ncc2c1CCCC2NS(=O)(=O)c1cc(Br)cc(C(F)(F)F)c1. The van der Waals surface area contributed by atoms with Gasteiger partial charge in [-0.15, -0.1) is 0 Å². The van der Waals surface area contributed by atoms with Crippen LogP contribution in [0.25, 0.3) is 0 Å². The van der Waals surface area contributed by atoms with Crippen molar-refractivity contribution in [2.45, 2.75) is 56.5 Å². The third kappa shape index (κ3) is 4.86. The van der Waals surface area contributed by atoms with Gasteiger partial charge in [0.15, 0.2) is 6.23 Å². The Hall–Kier alpha value is -1.92. The molecule has 1 N–H and O–H groups in total.